The highest BCUT2D eigenvalue weighted by Gasteiger charge is 2.26. The van der Waals surface area contributed by atoms with E-state index >= 15 is 0 Å². The van der Waals surface area contributed by atoms with E-state index in [0.29, 0.717) is 22.4 Å². The first-order valence-corrected chi connectivity index (χ1v) is 10.1. The van der Waals surface area contributed by atoms with Gasteiger partial charge in [-0.05, 0) is 44.2 Å². The standard InChI is InChI=1S/C23H20N2O3S/c1-14-4-8-17(9-5-14)20(26)21(18-10-6-15(2)7-11-18)29-23-25-24-22(28-23)19-12-13-27-16(19)3/h4-13,21H,1-3H3/t21-/m1/s1. The van der Waals surface area contributed by atoms with Crippen molar-refractivity contribution in [3.05, 3.63) is 88.9 Å². The number of furan rings is 1. The van der Waals surface area contributed by atoms with Gasteiger partial charge in [0.1, 0.15) is 11.0 Å². The van der Waals surface area contributed by atoms with Gasteiger partial charge < -0.3 is 8.83 Å². The first-order chi connectivity index (χ1) is 14.0. The summed E-state index contributed by atoms with van der Waals surface area (Å²) in [6, 6.07) is 17.3. The molecule has 0 saturated carbocycles. The molecule has 146 valence electrons. The second kappa shape index (κ2) is 8.09. The number of carbonyl (C=O) groups is 1. The Morgan fingerprint density at radius 1 is 0.897 bits per heavy atom. The number of benzene rings is 2. The molecular weight excluding hydrogens is 384 g/mol. The maximum absolute atomic E-state index is 13.3. The number of aryl methyl sites for hydroxylation is 3. The first kappa shape index (κ1) is 19.2. The minimum Gasteiger partial charge on any atom is -0.469 e. The van der Waals surface area contributed by atoms with Crippen LogP contribution in [0.1, 0.15) is 38.1 Å². The number of aromatic nitrogens is 2. The van der Waals surface area contributed by atoms with E-state index in [0.717, 1.165) is 22.3 Å². The largest absolute Gasteiger partial charge is 0.469 e. The van der Waals surface area contributed by atoms with Crippen molar-refractivity contribution in [2.24, 2.45) is 0 Å². The second-order valence-electron chi connectivity index (χ2n) is 6.90. The molecule has 0 spiro atoms. The van der Waals surface area contributed by atoms with Crippen LogP contribution in [0.3, 0.4) is 0 Å². The van der Waals surface area contributed by atoms with Crippen LogP contribution in [0, 0.1) is 20.8 Å². The number of carbonyl (C=O) groups excluding carboxylic acids is 1. The molecule has 2 aromatic carbocycles. The number of ketones is 1. The summed E-state index contributed by atoms with van der Waals surface area (Å²) in [5.74, 6) is 1.08. The van der Waals surface area contributed by atoms with E-state index in [1.807, 2.05) is 69.3 Å². The lowest BCUT2D eigenvalue weighted by Crippen LogP contribution is -2.10. The van der Waals surface area contributed by atoms with E-state index in [2.05, 4.69) is 10.2 Å². The van der Waals surface area contributed by atoms with Gasteiger partial charge >= 0.3 is 0 Å². The second-order valence-corrected chi connectivity index (χ2v) is 7.96. The van der Waals surface area contributed by atoms with Crippen molar-refractivity contribution in [2.45, 2.75) is 31.2 Å². The molecule has 5 nitrogen and oxygen atoms in total. The van der Waals surface area contributed by atoms with Crippen LogP contribution >= 0.6 is 11.8 Å². The van der Waals surface area contributed by atoms with Gasteiger partial charge in [0.15, 0.2) is 5.78 Å². The molecule has 6 heteroatoms. The summed E-state index contributed by atoms with van der Waals surface area (Å²) in [7, 11) is 0. The molecule has 2 aromatic heterocycles. The van der Waals surface area contributed by atoms with Gasteiger partial charge in [0, 0.05) is 5.56 Å². The van der Waals surface area contributed by atoms with E-state index in [4.69, 9.17) is 8.83 Å². The molecular formula is C23H20N2O3S. The van der Waals surface area contributed by atoms with Crippen molar-refractivity contribution in [1.82, 2.24) is 10.2 Å². The molecule has 0 radical (unpaired) electrons. The van der Waals surface area contributed by atoms with Crippen molar-refractivity contribution in [1.29, 1.82) is 0 Å². The van der Waals surface area contributed by atoms with Crippen LogP contribution in [0.4, 0.5) is 0 Å². The summed E-state index contributed by atoms with van der Waals surface area (Å²) < 4.78 is 11.1. The zero-order valence-corrected chi connectivity index (χ0v) is 17.2. The lowest BCUT2D eigenvalue weighted by molar-refractivity contribution is 0.0989. The van der Waals surface area contributed by atoms with E-state index < -0.39 is 5.25 Å². The number of hydrogen-bond acceptors (Lipinski definition) is 6. The van der Waals surface area contributed by atoms with Crippen molar-refractivity contribution in [3.63, 3.8) is 0 Å². The van der Waals surface area contributed by atoms with Gasteiger partial charge in [-0.25, -0.2) is 0 Å². The van der Waals surface area contributed by atoms with Gasteiger partial charge in [0.2, 0.25) is 0 Å². The predicted molar refractivity (Wildman–Crippen MR) is 112 cm³/mol. The zero-order chi connectivity index (χ0) is 20.4. The molecule has 0 unspecified atom stereocenters. The van der Waals surface area contributed by atoms with Crippen LogP contribution < -0.4 is 0 Å². The van der Waals surface area contributed by atoms with Crippen LogP contribution in [-0.2, 0) is 0 Å². The van der Waals surface area contributed by atoms with Gasteiger partial charge in [-0.15, -0.1) is 10.2 Å². The van der Waals surface area contributed by atoms with Crippen LogP contribution in [0.25, 0.3) is 11.5 Å². The Bertz CT molecular complexity index is 1130. The Labute approximate surface area is 173 Å². The SMILES string of the molecule is Cc1ccc(C(=O)[C@H](Sc2nnc(-c3ccoc3C)o2)c2ccc(C)cc2)cc1. The fourth-order valence-electron chi connectivity index (χ4n) is 2.96. The minimum atomic E-state index is -0.489. The topological polar surface area (TPSA) is 69.1 Å². The molecule has 0 amide bonds. The van der Waals surface area contributed by atoms with Gasteiger partial charge in [-0.3, -0.25) is 4.79 Å². The van der Waals surface area contributed by atoms with Crippen molar-refractivity contribution in [3.8, 4) is 11.5 Å². The zero-order valence-electron chi connectivity index (χ0n) is 16.4. The van der Waals surface area contributed by atoms with Gasteiger partial charge in [-0.2, -0.15) is 0 Å². The Hall–Kier alpha value is -3.12. The molecule has 1 atom stereocenters. The van der Waals surface area contributed by atoms with E-state index in [9.17, 15) is 4.79 Å². The first-order valence-electron chi connectivity index (χ1n) is 9.23. The molecule has 0 saturated heterocycles. The quantitative estimate of drug-likeness (QED) is 0.291. The Morgan fingerprint density at radius 2 is 1.55 bits per heavy atom. The van der Waals surface area contributed by atoms with E-state index in [-0.39, 0.29) is 5.78 Å². The van der Waals surface area contributed by atoms with Crippen molar-refractivity contribution < 1.29 is 13.6 Å². The van der Waals surface area contributed by atoms with E-state index in [1.165, 1.54) is 11.8 Å². The molecule has 4 rings (SSSR count). The highest BCUT2D eigenvalue weighted by atomic mass is 32.2. The van der Waals surface area contributed by atoms with Gasteiger partial charge in [0.25, 0.3) is 11.1 Å². The number of hydrogen-bond donors (Lipinski definition) is 0. The predicted octanol–water partition coefficient (Wildman–Crippen LogP) is 5.97. The summed E-state index contributed by atoms with van der Waals surface area (Å²) in [5, 5.41) is 8.10. The average molecular weight is 404 g/mol. The number of rotatable bonds is 6. The summed E-state index contributed by atoms with van der Waals surface area (Å²) in [5.41, 5.74) is 4.54. The summed E-state index contributed by atoms with van der Waals surface area (Å²) >= 11 is 1.26. The van der Waals surface area contributed by atoms with Crippen LogP contribution in [-0.4, -0.2) is 16.0 Å². The molecule has 0 fully saturated rings. The Morgan fingerprint density at radius 3 is 2.17 bits per heavy atom. The smallest absolute Gasteiger partial charge is 0.277 e. The molecule has 0 aliphatic heterocycles. The van der Waals surface area contributed by atoms with Gasteiger partial charge in [-0.1, -0.05) is 59.7 Å². The lowest BCUT2D eigenvalue weighted by Gasteiger charge is -2.14. The lowest BCUT2D eigenvalue weighted by atomic mass is 10.0. The third-order valence-corrected chi connectivity index (χ3v) is 5.76. The molecule has 4 aromatic rings. The number of thioether (sulfide) groups is 1. The third-order valence-electron chi connectivity index (χ3n) is 4.67. The fourth-order valence-corrected chi connectivity index (χ4v) is 3.91. The molecule has 0 aliphatic rings. The van der Waals surface area contributed by atoms with Crippen LogP contribution in [0.15, 0.2) is 74.9 Å². The molecule has 29 heavy (non-hydrogen) atoms. The average Bonchev–Trinajstić information content (AvgIpc) is 3.35. The molecule has 0 N–H and O–H groups in total. The van der Waals surface area contributed by atoms with Crippen LogP contribution in [0.5, 0.6) is 0 Å². The van der Waals surface area contributed by atoms with Crippen molar-refractivity contribution in [2.75, 3.05) is 0 Å². The minimum absolute atomic E-state index is 0.00176. The molecule has 2 heterocycles. The summed E-state index contributed by atoms with van der Waals surface area (Å²) in [6.07, 6.45) is 1.58. The molecule has 0 bridgehead atoms. The highest BCUT2D eigenvalue weighted by Crippen LogP contribution is 2.38. The number of Topliss-reactive ketones (excluding diaryl/α,β-unsaturated/α-hetero) is 1. The normalized spacial score (nSPS) is 12.1. The Balaban J connectivity index is 1.66. The number of nitrogens with zero attached hydrogens (tertiary/aromatic N) is 2. The van der Waals surface area contributed by atoms with E-state index in [1.54, 1.807) is 12.3 Å². The fraction of sp³-hybridized carbons (Fsp3) is 0.174. The van der Waals surface area contributed by atoms with Gasteiger partial charge in [0.05, 0.1) is 11.8 Å². The maximum atomic E-state index is 13.3. The third kappa shape index (κ3) is 4.17. The van der Waals surface area contributed by atoms with Crippen LogP contribution in [0.2, 0.25) is 0 Å². The monoisotopic (exact) mass is 404 g/mol. The van der Waals surface area contributed by atoms with Crippen molar-refractivity contribution >= 4 is 17.5 Å². The molecule has 0 aliphatic carbocycles. The highest BCUT2D eigenvalue weighted by molar-refractivity contribution is 8.00. The summed E-state index contributed by atoms with van der Waals surface area (Å²) in [4.78, 5) is 13.3. The summed E-state index contributed by atoms with van der Waals surface area (Å²) in [6.45, 7) is 5.85. The Kier molecular flexibility index (Phi) is 5.36. The maximum Gasteiger partial charge on any atom is 0.277 e.